The van der Waals surface area contributed by atoms with E-state index in [9.17, 15) is 9.90 Å². The van der Waals surface area contributed by atoms with Crippen LogP contribution in [-0.2, 0) is 0 Å². The fourth-order valence-electron chi connectivity index (χ4n) is 2.02. The molecule has 0 aliphatic rings. The van der Waals surface area contributed by atoms with Gasteiger partial charge in [-0.2, -0.15) is 0 Å². The molecule has 20 heavy (non-hydrogen) atoms. The minimum absolute atomic E-state index is 0.00755. The minimum atomic E-state index is -1.07. The van der Waals surface area contributed by atoms with Gasteiger partial charge in [-0.3, -0.25) is 0 Å². The van der Waals surface area contributed by atoms with Crippen molar-refractivity contribution in [3.05, 3.63) is 35.7 Å². The summed E-state index contributed by atoms with van der Waals surface area (Å²) in [6, 6.07) is 7.34. The lowest BCUT2D eigenvalue weighted by Gasteiger charge is -2.11. The molecule has 2 aromatic rings. The van der Waals surface area contributed by atoms with Crippen molar-refractivity contribution in [3.8, 4) is 11.4 Å². The summed E-state index contributed by atoms with van der Waals surface area (Å²) in [5, 5.41) is 16.9. The molecule has 0 spiro atoms. The zero-order valence-corrected chi connectivity index (χ0v) is 11.7. The van der Waals surface area contributed by atoms with Gasteiger partial charge in [0.1, 0.15) is 5.75 Å². The molecule has 0 aliphatic heterocycles. The SMILES string of the molecule is CCOc1cccc(-n2nnc(C(=O)O)c2C(C)C)c1. The molecule has 0 bridgehead atoms. The topological polar surface area (TPSA) is 77.2 Å². The Morgan fingerprint density at radius 3 is 2.80 bits per heavy atom. The summed E-state index contributed by atoms with van der Waals surface area (Å²) < 4.78 is 7.00. The highest BCUT2D eigenvalue weighted by Crippen LogP contribution is 2.23. The predicted octanol–water partition coefficient (Wildman–Crippen LogP) is 2.49. The lowest BCUT2D eigenvalue weighted by molar-refractivity contribution is 0.0688. The van der Waals surface area contributed by atoms with Crippen molar-refractivity contribution >= 4 is 5.97 Å². The van der Waals surface area contributed by atoms with Crippen LogP contribution in [0.3, 0.4) is 0 Å². The van der Waals surface area contributed by atoms with E-state index >= 15 is 0 Å². The molecule has 0 amide bonds. The number of benzene rings is 1. The predicted molar refractivity (Wildman–Crippen MR) is 73.6 cm³/mol. The molecule has 0 unspecified atom stereocenters. The van der Waals surface area contributed by atoms with Gasteiger partial charge < -0.3 is 9.84 Å². The van der Waals surface area contributed by atoms with Crippen LogP contribution in [0.15, 0.2) is 24.3 Å². The standard InChI is InChI=1S/C14H17N3O3/c1-4-20-11-7-5-6-10(8-11)17-13(9(2)3)12(14(18)19)15-16-17/h5-9H,4H2,1-3H3,(H,18,19). The largest absolute Gasteiger partial charge is 0.494 e. The zero-order chi connectivity index (χ0) is 14.7. The van der Waals surface area contributed by atoms with E-state index in [-0.39, 0.29) is 11.6 Å². The molecule has 0 aliphatic carbocycles. The van der Waals surface area contributed by atoms with Crippen molar-refractivity contribution in [1.29, 1.82) is 0 Å². The van der Waals surface area contributed by atoms with E-state index < -0.39 is 5.97 Å². The second kappa shape index (κ2) is 5.73. The van der Waals surface area contributed by atoms with Gasteiger partial charge in [-0.05, 0) is 25.0 Å². The van der Waals surface area contributed by atoms with Gasteiger partial charge in [0.05, 0.1) is 18.0 Å². The van der Waals surface area contributed by atoms with Gasteiger partial charge >= 0.3 is 5.97 Å². The summed E-state index contributed by atoms with van der Waals surface area (Å²) in [6.07, 6.45) is 0. The third-order valence-corrected chi connectivity index (χ3v) is 2.83. The first-order valence-corrected chi connectivity index (χ1v) is 6.46. The molecular formula is C14H17N3O3. The highest BCUT2D eigenvalue weighted by atomic mass is 16.5. The quantitative estimate of drug-likeness (QED) is 0.907. The lowest BCUT2D eigenvalue weighted by Crippen LogP contribution is -2.08. The molecule has 0 fully saturated rings. The van der Waals surface area contributed by atoms with Crippen LogP contribution >= 0.6 is 0 Å². The molecule has 0 radical (unpaired) electrons. The first kappa shape index (κ1) is 14.0. The van der Waals surface area contributed by atoms with E-state index in [1.807, 2.05) is 45.0 Å². The molecule has 6 nitrogen and oxygen atoms in total. The Labute approximate surface area is 117 Å². The maximum Gasteiger partial charge on any atom is 0.358 e. The smallest absolute Gasteiger partial charge is 0.358 e. The Morgan fingerprint density at radius 1 is 1.45 bits per heavy atom. The second-order valence-corrected chi connectivity index (χ2v) is 4.63. The number of aromatic carboxylic acids is 1. The number of ether oxygens (including phenoxy) is 1. The Hall–Kier alpha value is -2.37. The number of carboxylic acid groups (broad SMARTS) is 1. The van der Waals surface area contributed by atoms with Gasteiger partial charge in [-0.1, -0.05) is 25.1 Å². The third kappa shape index (κ3) is 2.64. The summed E-state index contributed by atoms with van der Waals surface area (Å²) in [7, 11) is 0. The van der Waals surface area contributed by atoms with Crippen LogP contribution in [0.2, 0.25) is 0 Å². The van der Waals surface area contributed by atoms with E-state index in [2.05, 4.69) is 10.3 Å². The van der Waals surface area contributed by atoms with Crippen molar-refractivity contribution in [2.45, 2.75) is 26.7 Å². The Morgan fingerprint density at radius 2 is 2.20 bits per heavy atom. The molecule has 1 aromatic carbocycles. The summed E-state index contributed by atoms with van der Waals surface area (Å²) >= 11 is 0. The van der Waals surface area contributed by atoms with Gasteiger partial charge in [0.15, 0.2) is 5.69 Å². The van der Waals surface area contributed by atoms with Gasteiger partial charge in [0, 0.05) is 6.07 Å². The summed E-state index contributed by atoms with van der Waals surface area (Å²) in [4.78, 5) is 11.2. The number of hydrogen-bond acceptors (Lipinski definition) is 4. The van der Waals surface area contributed by atoms with Gasteiger partial charge in [0.25, 0.3) is 0 Å². The molecular weight excluding hydrogens is 258 g/mol. The number of hydrogen-bond donors (Lipinski definition) is 1. The van der Waals surface area contributed by atoms with Crippen molar-refractivity contribution < 1.29 is 14.6 Å². The molecule has 0 atom stereocenters. The highest BCUT2D eigenvalue weighted by Gasteiger charge is 2.22. The zero-order valence-electron chi connectivity index (χ0n) is 11.7. The van der Waals surface area contributed by atoms with Gasteiger partial charge in [-0.15, -0.1) is 5.10 Å². The van der Waals surface area contributed by atoms with Crippen LogP contribution < -0.4 is 4.74 Å². The summed E-state index contributed by atoms with van der Waals surface area (Å²) in [5.41, 5.74) is 1.30. The van der Waals surface area contributed by atoms with Crippen LogP contribution in [0.1, 0.15) is 42.9 Å². The van der Waals surface area contributed by atoms with Crippen LogP contribution in [0.25, 0.3) is 5.69 Å². The van der Waals surface area contributed by atoms with E-state index in [1.165, 1.54) is 0 Å². The van der Waals surface area contributed by atoms with Gasteiger partial charge in [0.2, 0.25) is 0 Å². The molecule has 106 valence electrons. The fourth-order valence-corrected chi connectivity index (χ4v) is 2.02. The molecule has 0 saturated carbocycles. The first-order valence-electron chi connectivity index (χ1n) is 6.46. The third-order valence-electron chi connectivity index (χ3n) is 2.83. The van der Waals surface area contributed by atoms with Crippen molar-refractivity contribution in [3.63, 3.8) is 0 Å². The van der Waals surface area contributed by atoms with Crippen molar-refractivity contribution in [2.75, 3.05) is 6.61 Å². The average molecular weight is 275 g/mol. The monoisotopic (exact) mass is 275 g/mol. The maximum atomic E-state index is 11.2. The summed E-state index contributed by atoms with van der Waals surface area (Å²) in [5.74, 6) is -0.361. The minimum Gasteiger partial charge on any atom is -0.494 e. The number of nitrogens with zero attached hydrogens (tertiary/aromatic N) is 3. The molecule has 1 aromatic heterocycles. The Kier molecular flexibility index (Phi) is 4.02. The van der Waals surface area contributed by atoms with E-state index in [4.69, 9.17) is 4.74 Å². The first-order chi connectivity index (χ1) is 9.54. The van der Waals surface area contributed by atoms with E-state index in [0.29, 0.717) is 18.1 Å². The molecule has 6 heteroatoms. The van der Waals surface area contributed by atoms with Gasteiger partial charge in [-0.25, -0.2) is 9.48 Å². The van der Waals surface area contributed by atoms with Crippen LogP contribution in [0.4, 0.5) is 0 Å². The molecule has 0 saturated heterocycles. The van der Waals surface area contributed by atoms with E-state index in [0.717, 1.165) is 5.69 Å². The Balaban J connectivity index is 2.52. The van der Waals surface area contributed by atoms with E-state index in [1.54, 1.807) is 4.68 Å². The molecule has 2 rings (SSSR count). The average Bonchev–Trinajstić information content (AvgIpc) is 2.84. The molecule has 1 heterocycles. The fraction of sp³-hybridized carbons (Fsp3) is 0.357. The van der Waals surface area contributed by atoms with Crippen molar-refractivity contribution in [1.82, 2.24) is 15.0 Å². The lowest BCUT2D eigenvalue weighted by atomic mass is 10.1. The number of rotatable bonds is 5. The number of carboxylic acids is 1. The highest BCUT2D eigenvalue weighted by molar-refractivity contribution is 5.86. The van der Waals surface area contributed by atoms with Crippen molar-refractivity contribution in [2.24, 2.45) is 0 Å². The normalized spacial score (nSPS) is 10.8. The number of aromatic nitrogens is 3. The number of carbonyl (C=O) groups is 1. The summed E-state index contributed by atoms with van der Waals surface area (Å²) in [6.45, 7) is 6.30. The molecule has 1 N–H and O–H groups in total. The van der Waals surface area contributed by atoms with Crippen LogP contribution in [-0.4, -0.2) is 32.7 Å². The maximum absolute atomic E-state index is 11.2. The van der Waals surface area contributed by atoms with Crippen LogP contribution in [0, 0.1) is 0 Å². The van der Waals surface area contributed by atoms with Crippen LogP contribution in [0.5, 0.6) is 5.75 Å². The Bertz CT molecular complexity index is 620. The second-order valence-electron chi connectivity index (χ2n) is 4.63.